The van der Waals surface area contributed by atoms with Crippen LogP contribution in [0.25, 0.3) is 0 Å². The molecule has 1 aromatic heterocycles. The quantitative estimate of drug-likeness (QED) is 0.519. The molecule has 0 bridgehead atoms. The van der Waals surface area contributed by atoms with Crippen LogP contribution in [0.1, 0.15) is 18.4 Å². The minimum absolute atomic E-state index is 0.00507. The molecule has 25 heavy (non-hydrogen) atoms. The lowest BCUT2D eigenvalue weighted by atomic mass is 10.0. The molecule has 0 aliphatic carbocycles. The Bertz CT molecular complexity index is 613. The fraction of sp³-hybridized carbons (Fsp3) is 0.667. The highest BCUT2D eigenvalue weighted by Gasteiger charge is 2.41. The van der Waals surface area contributed by atoms with E-state index < -0.39 is 17.5 Å². The molecule has 2 aliphatic heterocycles. The van der Waals surface area contributed by atoms with Crippen molar-refractivity contribution in [2.45, 2.75) is 34.5 Å². The first kappa shape index (κ1) is 19.7. The third kappa shape index (κ3) is 4.43. The third-order valence-corrected chi connectivity index (χ3v) is 7.17. The third-order valence-electron chi connectivity index (χ3n) is 4.38. The van der Waals surface area contributed by atoms with Crippen LogP contribution in [0.4, 0.5) is 19.0 Å². The Kier molecular flexibility index (Phi) is 5.90. The maximum absolute atomic E-state index is 12.7. The SMILES string of the molecule is FC(F)(F)c1cnc(N2CCC3(CC2)OCC(Br)C(Br)CO3)c(Cl)c1. The van der Waals surface area contributed by atoms with E-state index in [0.717, 1.165) is 12.3 Å². The first-order valence-corrected chi connectivity index (χ1v) is 9.95. The number of ether oxygens (including phenoxy) is 2. The van der Waals surface area contributed by atoms with Gasteiger partial charge in [-0.1, -0.05) is 43.5 Å². The van der Waals surface area contributed by atoms with Crippen molar-refractivity contribution in [3.8, 4) is 0 Å². The molecule has 2 unspecified atom stereocenters. The summed E-state index contributed by atoms with van der Waals surface area (Å²) < 4.78 is 50.1. The van der Waals surface area contributed by atoms with E-state index in [-0.39, 0.29) is 14.7 Å². The van der Waals surface area contributed by atoms with Crippen molar-refractivity contribution < 1.29 is 22.6 Å². The Hall–Kier alpha value is -0.0900. The second-order valence-electron chi connectivity index (χ2n) is 6.08. The molecule has 0 amide bonds. The van der Waals surface area contributed by atoms with Gasteiger partial charge in [-0.2, -0.15) is 13.2 Å². The summed E-state index contributed by atoms with van der Waals surface area (Å²) in [5.74, 6) is -0.307. The van der Waals surface area contributed by atoms with Gasteiger partial charge in [0.15, 0.2) is 5.79 Å². The molecule has 0 N–H and O–H groups in total. The lowest BCUT2D eigenvalue weighted by molar-refractivity contribution is -0.234. The summed E-state index contributed by atoms with van der Waals surface area (Å²) in [6, 6.07) is 0.914. The zero-order chi connectivity index (χ0) is 18.2. The van der Waals surface area contributed by atoms with Gasteiger partial charge in [-0.25, -0.2) is 4.98 Å². The topological polar surface area (TPSA) is 34.6 Å². The number of hydrogen-bond donors (Lipinski definition) is 0. The molecule has 2 atom stereocenters. The van der Waals surface area contributed by atoms with Crippen molar-refractivity contribution in [2.24, 2.45) is 0 Å². The molecule has 3 heterocycles. The largest absolute Gasteiger partial charge is 0.417 e. The van der Waals surface area contributed by atoms with E-state index in [1.807, 2.05) is 4.90 Å². The van der Waals surface area contributed by atoms with E-state index in [9.17, 15) is 13.2 Å². The number of aromatic nitrogens is 1. The minimum Gasteiger partial charge on any atom is -0.355 e. The van der Waals surface area contributed by atoms with Crippen LogP contribution in [0.2, 0.25) is 5.02 Å². The molecule has 2 saturated heterocycles. The van der Waals surface area contributed by atoms with Gasteiger partial charge in [0.1, 0.15) is 5.82 Å². The summed E-state index contributed by atoms with van der Waals surface area (Å²) in [4.78, 5) is 6.11. The first-order valence-electron chi connectivity index (χ1n) is 7.74. The van der Waals surface area contributed by atoms with Crippen LogP contribution in [0.3, 0.4) is 0 Å². The maximum atomic E-state index is 12.7. The second kappa shape index (κ2) is 7.50. The normalized spacial score (nSPS) is 27.4. The van der Waals surface area contributed by atoms with Crippen molar-refractivity contribution in [1.29, 1.82) is 0 Å². The van der Waals surface area contributed by atoms with E-state index in [1.165, 1.54) is 0 Å². The predicted octanol–water partition coefficient (Wildman–Crippen LogP) is 4.62. The van der Waals surface area contributed by atoms with Crippen LogP contribution >= 0.6 is 43.5 Å². The average Bonchev–Trinajstić information content (AvgIpc) is 2.70. The maximum Gasteiger partial charge on any atom is 0.417 e. The van der Waals surface area contributed by atoms with E-state index in [0.29, 0.717) is 45.0 Å². The zero-order valence-corrected chi connectivity index (χ0v) is 17.0. The first-order chi connectivity index (χ1) is 11.7. The standard InChI is InChI=1S/C15H16Br2ClF3N2O2/c16-10-7-24-14(25-8-11(10)17)1-3-23(4-2-14)13-12(18)5-9(6-22-13)15(19,20)21/h5-6,10-11H,1-4,7-8H2. The summed E-state index contributed by atoms with van der Waals surface area (Å²) in [6.07, 6.45) is -2.46. The molecule has 3 rings (SSSR count). The molecule has 0 radical (unpaired) electrons. The summed E-state index contributed by atoms with van der Waals surface area (Å²) >= 11 is 13.1. The van der Waals surface area contributed by atoms with Gasteiger partial charge >= 0.3 is 6.18 Å². The van der Waals surface area contributed by atoms with E-state index in [2.05, 4.69) is 36.8 Å². The van der Waals surface area contributed by atoms with Gasteiger partial charge in [-0.15, -0.1) is 0 Å². The second-order valence-corrected chi connectivity index (χ2v) is 8.84. The fourth-order valence-corrected chi connectivity index (χ4v) is 3.74. The number of halogens is 6. The highest BCUT2D eigenvalue weighted by molar-refractivity contribution is 9.12. The van der Waals surface area contributed by atoms with Crippen molar-refractivity contribution in [3.63, 3.8) is 0 Å². The van der Waals surface area contributed by atoms with Gasteiger partial charge in [0.25, 0.3) is 0 Å². The Morgan fingerprint density at radius 2 is 1.72 bits per heavy atom. The fourth-order valence-electron chi connectivity index (χ4n) is 2.88. The summed E-state index contributed by atoms with van der Waals surface area (Å²) in [6.45, 7) is 2.13. The highest BCUT2D eigenvalue weighted by Crippen LogP contribution is 2.37. The number of nitrogens with zero attached hydrogens (tertiary/aromatic N) is 2. The van der Waals surface area contributed by atoms with Gasteiger partial charge in [-0.05, 0) is 6.07 Å². The Balaban J connectivity index is 1.68. The average molecular weight is 509 g/mol. The number of hydrogen-bond acceptors (Lipinski definition) is 4. The smallest absolute Gasteiger partial charge is 0.355 e. The summed E-state index contributed by atoms with van der Waals surface area (Å²) in [7, 11) is 0. The Morgan fingerprint density at radius 3 is 2.20 bits per heavy atom. The molecule has 1 aromatic rings. The zero-order valence-electron chi connectivity index (χ0n) is 13.0. The molecule has 1 spiro atoms. The van der Waals surface area contributed by atoms with Crippen molar-refractivity contribution in [2.75, 3.05) is 31.2 Å². The number of anilines is 1. The molecular weight excluding hydrogens is 492 g/mol. The minimum atomic E-state index is -4.46. The molecule has 4 nitrogen and oxygen atoms in total. The molecule has 2 aliphatic rings. The Labute approximate surface area is 165 Å². The Morgan fingerprint density at radius 1 is 1.16 bits per heavy atom. The lowest BCUT2D eigenvalue weighted by Gasteiger charge is -2.41. The molecule has 0 saturated carbocycles. The number of alkyl halides is 5. The van der Waals surface area contributed by atoms with E-state index in [4.69, 9.17) is 21.1 Å². The van der Waals surface area contributed by atoms with E-state index in [1.54, 1.807) is 0 Å². The van der Waals surface area contributed by atoms with Gasteiger partial charge in [0.2, 0.25) is 0 Å². The van der Waals surface area contributed by atoms with Crippen LogP contribution in [0, 0.1) is 0 Å². The number of pyridine rings is 1. The highest BCUT2D eigenvalue weighted by atomic mass is 79.9. The number of piperidine rings is 1. The molecular formula is C15H16Br2ClF3N2O2. The van der Waals surface area contributed by atoms with Gasteiger partial charge in [0.05, 0.1) is 33.5 Å². The lowest BCUT2D eigenvalue weighted by Crippen LogP contribution is -2.48. The van der Waals surface area contributed by atoms with Crippen LogP contribution < -0.4 is 4.90 Å². The van der Waals surface area contributed by atoms with Crippen LogP contribution in [0.15, 0.2) is 12.3 Å². The molecule has 140 valence electrons. The van der Waals surface area contributed by atoms with Gasteiger partial charge < -0.3 is 14.4 Å². The molecule has 10 heteroatoms. The predicted molar refractivity (Wildman–Crippen MR) is 95.8 cm³/mol. The molecule has 0 aromatic carbocycles. The summed E-state index contributed by atoms with van der Waals surface area (Å²) in [5, 5.41) is -0.00507. The monoisotopic (exact) mass is 506 g/mol. The van der Waals surface area contributed by atoms with Gasteiger partial charge in [0, 0.05) is 32.1 Å². The summed E-state index contributed by atoms with van der Waals surface area (Å²) in [5.41, 5.74) is -0.850. The van der Waals surface area contributed by atoms with Gasteiger partial charge in [-0.3, -0.25) is 0 Å². The van der Waals surface area contributed by atoms with Crippen molar-refractivity contribution in [3.05, 3.63) is 22.8 Å². The van der Waals surface area contributed by atoms with Crippen molar-refractivity contribution >= 4 is 49.3 Å². The molecule has 2 fully saturated rings. The van der Waals surface area contributed by atoms with Crippen LogP contribution in [-0.2, 0) is 15.7 Å². The van der Waals surface area contributed by atoms with Crippen LogP contribution in [0.5, 0.6) is 0 Å². The van der Waals surface area contributed by atoms with Crippen LogP contribution in [-0.4, -0.2) is 46.7 Å². The number of rotatable bonds is 1. The van der Waals surface area contributed by atoms with Crippen molar-refractivity contribution in [1.82, 2.24) is 4.98 Å². The van der Waals surface area contributed by atoms with E-state index >= 15 is 0 Å².